The molecule has 1 fully saturated rings. The molecule has 0 aliphatic carbocycles. The van der Waals surface area contributed by atoms with Gasteiger partial charge >= 0.3 is 0 Å². The van der Waals surface area contributed by atoms with E-state index in [0.29, 0.717) is 0 Å². The molecule has 1 amide bonds. The molecule has 2 heterocycles. The van der Waals surface area contributed by atoms with E-state index in [0.717, 1.165) is 30.3 Å². The first-order valence-corrected chi connectivity index (χ1v) is 6.66. The Morgan fingerprint density at radius 3 is 3.18 bits per heavy atom. The van der Waals surface area contributed by atoms with Crippen molar-refractivity contribution in [1.29, 1.82) is 0 Å². The molecule has 1 atom stereocenters. The minimum Gasteiger partial charge on any atom is -0.334 e. The Hall–Kier alpha value is -1.20. The van der Waals surface area contributed by atoms with Gasteiger partial charge in [0.1, 0.15) is 0 Å². The van der Waals surface area contributed by atoms with Crippen molar-refractivity contribution in [3.8, 4) is 0 Å². The maximum atomic E-state index is 12.0. The second-order valence-electron chi connectivity index (χ2n) is 4.21. The molecule has 0 bridgehead atoms. The lowest BCUT2D eigenvalue weighted by Crippen LogP contribution is -2.51. The van der Waals surface area contributed by atoms with Crippen molar-refractivity contribution in [2.24, 2.45) is 0 Å². The van der Waals surface area contributed by atoms with E-state index in [-0.39, 0.29) is 11.9 Å². The van der Waals surface area contributed by atoms with Gasteiger partial charge in [0, 0.05) is 37.1 Å². The average Bonchev–Trinajstić information content (AvgIpc) is 2.73. The van der Waals surface area contributed by atoms with E-state index in [9.17, 15) is 4.79 Å². The second-order valence-corrected chi connectivity index (χ2v) is 5.27. The van der Waals surface area contributed by atoms with Crippen LogP contribution in [0.1, 0.15) is 17.6 Å². The van der Waals surface area contributed by atoms with Crippen LogP contribution in [0.15, 0.2) is 11.5 Å². The van der Waals surface area contributed by atoms with Crippen LogP contribution in [-0.4, -0.2) is 41.5 Å². The number of rotatable bonds is 2. The molecule has 0 radical (unpaired) electrons. The van der Waals surface area contributed by atoms with Gasteiger partial charge in [-0.15, -0.1) is 11.3 Å². The third-order valence-electron chi connectivity index (χ3n) is 2.82. The van der Waals surface area contributed by atoms with Crippen molar-refractivity contribution in [3.05, 3.63) is 22.2 Å². The first kappa shape index (κ1) is 12.3. The highest BCUT2D eigenvalue weighted by Crippen LogP contribution is 2.10. The number of aryl methyl sites for hydroxylation is 1. The van der Waals surface area contributed by atoms with E-state index in [1.165, 1.54) is 0 Å². The zero-order chi connectivity index (χ0) is 12.3. The van der Waals surface area contributed by atoms with Crippen molar-refractivity contribution in [1.82, 2.24) is 15.2 Å². The van der Waals surface area contributed by atoms with Crippen LogP contribution in [-0.2, 0) is 4.79 Å². The fourth-order valence-electron chi connectivity index (χ4n) is 1.88. The Balaban J connectivity index is 1.98. The molecule has 0 aromatic carbocycles. The number of aromatic nitrogens is 1. The molecule has 17 heavy (non-hydrogen) atoms. The van der Waals surface area contributed by atoms with Crippen LogP contribution in [0.4, 0.5) is 0 Å². The lowest BCUT2D eigenvalue weighted by atomic mass is 10.2. The molecule has 4 nitrogen and oxygen atoms in total. The Morgan fingerprint density at radius 2 is 2.53 bits per heavy atom. The Morgan fingerprint density at radius 1 is 1.71 bits per heavy atom. The fraction of sp³-hybridized carbons (Fsp3) is 0.500. The highest BCUT2D eigenvalue weighted by molar-refractivity contribution is 7.09. The fourth-order valence-corrected chi connectivity index (χ4v) is 2.46. The predicted molar refractivity (Wildman–Crippen MR) is 69.9 cm³/mol. The van der Waals surface area contributed by atoms with Crippen LogP contribution in [0, 0.1) is 6.92 Å². The van der Waals surface area contributed by atoms with Gasteiger partial charge in [-0.2, -0.15) is 0 Å². The summed E-state index contributed by atoms with van der Waals surface area (Å²) >= 11 is 1.59. The van der Waals surface area contributed by atoms with Gasteiger partial charge in [0.2, 0.25) is 5.91 Å². The molecule has 2 rings (SSSR count). The monoisotopic (exact) mass is 251 g/mol. The van der Waals surface area contributed by atoms with Crippen LogP contribution >= 0.6 is 11.3 Å². The number of piperazine rings is 1. The summed E-state index contributed by atoms with van der Waals surface area (Å²) in [6.07, 6.45) is 3.41. The van der Waals surface area contributed by atoms with Gasteiger partial charge in [-0.05, 0) is 19.9 Å². The quantitative estimate of drug-likeness (QED) is 0.806. The molecule has 1 aliphatic rings. The van der Waals surface area contributed by atoms with Gasteiger partial charge < -0.3 is 10.2 Å². The van der Waals surface area contributed by atoms with E-state index in [2.05, 4.69) is 17.2 Å². The zero-order valence-electron chi connectivity index (χ0n) is 10.1. The molecule has 5 heteroatoms. The summed E-state index contributed by atoms with van der Waals surface area (Å²) in [4.78, 5) is 18.2. The lowest BCUT2D eigenvalue weighted by Gasteiger charge is -2.33. The van der Waals surface area contributed by atoms with Crippen LogP contribution < -0.4 is 5.32 Å². The van der Waals surface area contributed by atoms with E-state index < -0.39 is 0 Å². The molecule has 1 N–H and O–H groups in total. The predicted octanol–water partition coefficient (Wildman–Crippen LogP) is 1.29. The van der Waals surface area contributed by atoms with Gasteiger partial charge in [0.15, 0.2) is 0 Å². The molecule has 1 aromatic heterocycles. The highest BCUT2D eigenvalue weighted by Gasteiger charge is 2.20. The molecular formula is C12H17N3OS. The molecule has 92 valence electrons. The Bertz CT molecular complexity index is 427. The minimum atomic E-state index is 0.0738. The Kier molecular flexibility index (Phi) is 3.91. The summed E-state index contributed by atoms with van der Waals surface area (Å²) in [6.45, 7) is 6.54. The molecular weight excluding hydrogens is 234 g/mol. The highest BCUT2D eigenvalue weighted by atomic mass is 32.1. The number of carbonyl (C=O) groups is 1. The topological polar surface area (TPSA) is 45.2 Å². The molecule has 1 aliphatic heterocycles. The summed E-state index contributed by atoms with van der Waals surface area (Å²) in [7, 11) is 0. The maximum Gasteiger partial charge on any atom is 0.246 e. The third-order valence-corrected chi connectivity index (χ3v) is 3.61. The van der Waals surface area contributed by atoms with Crippen molar-refractivity contribution in [3.63, 3.8) is 0 Å². The van der Waals surface area contributed by atoms with Crippen molar-refractivity contribution >= 4 is 23.3 Å². The normalized spacial score (nSPS) is 21.1. The smallest absolute Gasteiger partial charge is 0.246 e. The number of nitrogens with zero attached hydrogens (tertiary/aromatic N) is 2. The van der Waals surface area contributed by atoms with E-state index in [4.69, 9.17) is 0 Å². The third kappa shape index (κ3) is 3.14. The molecule has 0 saturated carbocycles. The van der Waals surface area contributed by atoms with E-state index >= 15 is 0 Å². The van der Waals surface area contributed by atoms with E-state index in [1.54, 1.807) is 23.5 Å². The zero-order valence-corrected chi connectivity index (χ0v) is 11.0. The standard InChI is InChI=1S/C12H17N3OS/c1-9-7-13-5-6-15(9)12(16)4-3-11-8-17-10(2)14-11/h3-4,8-9,13H,5-7H2,1-2H3. The summed E-state index contributed by atoms with van der Waals surface area (Å²) < 4.78 is 0. The largest absolute Gasteiger partial charge is 0.334 e. The molecule has 1 saturated heterocycles. The van der Waals surface area contributed by atoms with Crippen molar-refractivity contribution < 1.29 is 4.79 Å². The SMILES string of the molecule is Cc1nc(C=CC(=O)N2CCNCC2C)cs1. The average molecular weight is 251 g/mol. The van der Waals surface area contributed by atoms with Gasteiger partial charge in [-0.1, -0.05) is 0 Å². The van der Waals surface area contributed by atoms with Gasteiger partial charge in [0.05, 0.1) is 10.7 Å². The lowest BCUT2D eigenvalue weighted by molar-refractivity contribution is -0.128. The van der Waals surface area contributed by atoms with Gasteiger partial charge in [-0.3, -0.25) is 4.79 Å². The van der Waals surface area contributed by atoms with Crippen LogP contribution in [0.25, 0.3) is 6.08 Å². The number of thiazole rings is 1. The number of nitrogens with one attached hydrogen (secondary N) is 1. The summed E-state index contributed by atoms with van der Waals surface area (Å²) in [5.41, 5.74) is 0.864. The first-order valence-electron chi connectivity index (χ1n) is 5.78. The summed E-state index contributed by atoms with van der Waals surface area (Å²) in [6, 6.07) is 0.262. The van der Waals surface area contributed by atoms with Crippen molar-refractivity contribution in [2.45, 2.75) is 19.9 Å². The number of amides is 1. The molecule has 0 spiro atoms. The summed E-state index contributed by atoms with van der Waals surface area (Å²) in [5, 5.41) is 6.25. The number of carbonyl (C=O) groups excluding carboxylic acids is 1. The van der Waals surface area contributed by atoms with Crippen LogP contribution in [0.5, 0.6) is 0 Å². The first-order chi connectivity index (χ1) is 8.16. The molecule has 1 unspecified atom stereocenters. The van der Waals surface area contributed by atoms with Crippen LogP contribution in [0.2, 0.25) is 0 Å². The van der Waals surface area contributed by atoms with Crippen molar-refractivity contribution in [2.75, 3.05) is 19.6 Å². The number of hydrogen-bond donors (Lipinski definition) is 1. The van der Waals surface area contributed by atoms with Gasteiger partial charge in [0.25, 0.3) is 0 Å². The van der Waals surface area contributed by atoms with Crippen LogP contribution in [0.3, 0.4) is 0 Å². The minimum absolute atomic E-state index is 0.0738. The molecule has 1 aromatic rings. The van der Waals surface area contributed by atoms with Gasteiger partial charge in [-0.25, -0.2) is 4.98 Å². The summed E-state index contributed by atoms with van der Waals surface area (Å²) in [5.74, 6) is 0.0738. The Labute approximate surface area is 105 Å². The second kappa shape index (κ2) is 5.42. The van der Waals surface area contributed by atoms with E-state index in [1.807, 2.05) is 17.2 Å². The maximum absolute atomic E-state index is 12.0. The number of hydrogen-bond acceptors (Lipinski definition) is 4.